The van der Waals surface area contributed by atoms with Crippen molar-refractivity contribution < 1.29 is 72.2 Å². The van der Waals surface area contributed by atoms with Crippen LogP contribution in [0.5, 0.6) is 0 Å². The van der Waals surface area contributed by atoms with Gasteiger partial charge in [-0.05, 0) is 0 Å². The quantitative estimate of drug-likeness (QED) is 0.290. The SMILES string of the molecule is OC[C@H]1O[C@H](O)[C@H](O)[C@@H](O)[C@@H]1O.[Cl-].[Na+]. The fraction of sp³-hybridized carbons (Fsp3) is 1.00. The Hall–Kier alpha value is 1.05. The summed E-state index contributed by atoms with van der Waals surface area (Å²) in [6.45, 7) is -0.526. The van der Waals surface area contributed by atoms with E-state index >= 15 is 0 Å². The molecular formula is C6H12ClNaO6. The molecule has 0 saturated carbocycles. The molecule has 1 rings (SSSR count). The number of rotatable bonds is 1. The third-order valence-corrected chi connectivity index (χ3v) is 1.87. The van der Waals surface area contributed by atoms with Crippen molar-refractivity contribution in [3.63, 3.8) is 0 Å². The molecule has 6 nitrogen and oxygen atoms in total. The standard InChI is InChI=1S/C6H12O6.ClH.Na/c7-1-2-3(8)4(9)5(10)6(11)12-2;;/h2-11H,1H2;1H;/q;;+1/p-1/t2-,3-,4+,5-,6+;;/m1../s1. The van der Waals surface area contributed by atoms with Gasteiger partial charge in [0.05, 0.1) is 6.61 Å². The molecule has 1 aliphatic rings. The van der Waals surface area contributed by atoms with Crippen LogP contribution in [0.25, 0.3) is 0 Å². The van der Waals surface area contributed by atoms with Crippen molar-refractivity contribution in [2.24, 2.45) is 0 Å². The van der Waals surface area contributed by atoms with Crippen LogP contribution in [-0.4, -0.2) is 62.8 Å². The van der Waals surface area contributed by atoms with Gasteiger partial charge in [-0.2, -0.15) is 0 Å². The molecule has 0 spiro atoms. The molecule has 8 heteroatoms. The Morgan fingerprint density at radius 2 is 1.43 bits per heavy atom. The molecule has 5 N–H and O–H groups in total. The Morgan fingerprint density at radius 3 is 1.86 bits per heavy atom. The first kappa shape index (κ1) is 17.4. The zero-order valence-corrected chi connectivity index (χ0v) is 10.4. The van der Waals surface area contributed by atoms with Crippen molar-refractivity contribution in [2.45, 2.75) is 30.7 Å². The summed E-state index contributed by atoms with van der Waals surface area (Å²) in [5, 5.41) is 44.7. The molecule has 0 aromatic rings. The minimum absolute atomic E-state index is 0. The summed E-state index contributed by atoms with van der Waals surface area (Å²) in [5.74, 6) is 0. The third-order valence-electron chi connectivity index (χ3n) is 1.87. The fourth-order valence-corrected chi connectivity index (χ4v) is 1.08. The molecule has 0 amide bonds. The molecule has 0 aromatic carbocycles. The van der Waals surface area contributed by atoms with Gasteiger partial charge in [0.25, 0.3) is 0 Å². The van der Waals surface area contributed by atoms with Crippen molar-refractivity contribution in [3.8, 4) is 0 Å². The smallest absolute Gasteiger partial charge is 1.00 e. The van der Waals surface area contributed by atoms with Crippen LogP contribution in [0.4, 0.5) is 0 Å². The zero-order chi connectivity index (χ0) is 9.30. The maximum Gasteiger partial charge on any atom is 1.00 e. The first-order valence-corrected chi connectivity index (χ1v) is 3.56. The van der Waals surface area contributed by atoms with E-state index in [1.807, 2.05) is 0 Å². The molecule has 1 aliphatic heterocycles. The van der Waals surface area contributed by atoms with Crippen molar-refractivity contribution in [1.29, 1.82) is 0 Å². The summed E-state index contributed by atoms with van der Waals surface area (Å²) in [6, 6.07) is 0. The normalized spacial score (nSPS) is 42.2. The van der Waals surface area contributed by atoms with Crippen LogP contribution >= 0.6 is 0 Å². The van der Waals surface area contributed by atoms with Crippen molar-refractivity contribution in [1.82, 2.24) is 0 Å². The predicted molar refractivity (Wildman–Crippen MR) is 36.0 cm³/mol. The number of hydrogen-bond donors (Lipinski definition) is 5. The van der Waals surface area contributed by atoms with E-state index in [9.17, 15) is 0 Å². The second-order valence-corrected chi connectivity index (χ2v) is 2.72. The molecule has 0 aromatic heterocycles. The van der Waals surface area contributed by atoms with Gasteiger partial charge in [-0.1, -0.05) is 0 Å². The molecule has 80 valence electrons. The van der Waals surface area contributed by atoms with Gasteiger partial charge in [-0.3, -0.25) is 0 Å². The van der Waals surface area contributed by atoms with Crippen LogP contribution < -0.4 is 42.0 Å². The van der Waals surface area contributed by atoms with E-state index < -0.39 is 37.3 Å². The van der Waals surface area contributed by atoms with Crippen LogP contribution in [0.1, 0.15) is 0 Å². The van der Waals surface area contributed by atoms with Gasteiger partial charge in [0, 0.05) is 0 Å². The second-order valence-electron chi connectivity index (χ2n) is 2.72. The van der Waals surface area contributed by atoms with Crippen LogP contribution in [0.15, 0.2) is 0 Å². The average molecular weight is 239 g/mol. The fourth-order valence-electron chi connectivity index (χ4n) is 1.08. The van der Waals surface area contributed by atoms with Gasteiger partial charge in [0.1, 0.15) is 24.4 Å². The minimum Gasteiger partial charge on any atom is -1.00 e. The average Bonchev–Trinajstić information content (AvgIpc) is 2.08. The Balaban J connectivity index is 0. The summed E-state index contributed by atoms with van der Waals surface area (Å²) in [7, 11) is 0. The Labute approximate surface area is 109 Å². The van der Waals surface area contributed by atoms with E-state index in [0.717, 1.165) is 0 Å². The predicted octanol–water partition coefficient (Wildman–Crippen LogP) is -9.21. The largest absolute Gasteiger partial charge is 1.00 e. The van der Waals surface area contributed by atoms with Gasteiger partial charge < -0.3 is 42.7 Å². The number of aliphatic hydroxyl groups excluding tert-OH is 5. The first-order chi connectivity index (χ1) is 5.57. The van der Waals surface area contributed by atoms with Crippen molar-refractivity contribution in [2.75, 3.05) is 6.61 Å². The topological polar surface area (TPSA) is 110 Å². The first-order valence-electron chi connectivity index (χ1n) is 3.56. The van der Waals surface area contributed by atoms with E-state index in [1.54, 1.807) is 0 Å². The van der Waals surface area contributed by atoms with Crippen molar-refractivity contribution >= 4 is 0 Å². The molecule has 5 atom stereocenters. The van der Waals surface area contributed by atoms with E-state index in [-0.39, 0.29) is 42.0 Å². The molecule has 1 heterocycles. The molecule has 14 heavy (non-hydrogen) atoms. The monoisotopic (exact) mass is 238 g/mol. The van der Waals surface area contributed by atoms with E-state index in [0.29, 0.717) is 0 Å². The molecular weight excluding hydrogens is 227 g/mol. The number of halogens is 1. The minimum atomic E-state index is -1.57. The van der Waals surface area contributed by atoms with Gasteiger partial charge in [-0.15, -0.1) is 0 Å². The summed E-state index contributed by atoms with van der Waals surface area (Å²) in [4.78, 5) is 0. The molecule has 0 radical (unpaired) electrons. The zero-order valence-electron chi connectivity index (χ0n) is 7.62. The molecule has 1 saturated heterocycles. The molecule has 0 bridgehead atoms. The van der Waals surface area contributed by atoms with Gasteiger partial charge in [0.15, 0.2) is 6.29 Å². The van der Waals surface area contributed by atoms with Crippen LogP contribution in [-0.2, 0) is 4.74 Å². The maximum atomic E-state index is 9.12. The Morgan fingerprint density at radius 1 is 0.929 bits per heavy atom. The number of ether oxygens (including phenoxy) is 1. The van der Waals surface area contributed by atoms with Crippen molar-refractivity contribution in [3.05, 3.63) is 0 Å². The summed E-state index contributed by atoms with van der Waals surface area (Å²) >= 11 is 0. The Bertz CT molecular complexity index is 157. The van der Waals surface area contributed by atoms with Gasteiger partial charge >= 0.3 is 29.6 Å². The summed E-state index contributed by atoms with van der Waals surface area (Å²) in [5.41, 5.74) is 0. The van der Waals surface area contributed by atoms with E-state index in [1.165, 1.54) is 0 Å². The summed E-state index contributed by atoms with van der Waals surface area (Å²) in [6.07, 6.45) is -7.04. The third kappa shape index (κ3) is 3.57. The van der Waals surface area contributed by atoms with Crippen LogP contribution in [0.2, 0.25) is 0 Å². The van der Waals surface area contributed by atoms with Crippen LogP contribution in [0, 0.1) is 0 Å². The molecule has 0 unspecified atom stereocenters. The Kier molecular flexibility index (Phi) is 9.15. The van der Waals surface area contributed by atoms with Gasteiger partial charge in [0.2, 0.25) is 0 Å². The van der Waals surface area contributed by atoms with Gasteiger partial charge in [-0.25, -0.2) is 0 Å². The number of hydrogen-bond acceptors (Lipinski definition) is 6. The maximum absolute atomic E-state index is 9.12. The second kappa shape index (κ2) is 7.34. The molecule has 1 fully saturated rings. The number of aliphatic hydroxyl groups is 5. The summed E-state index contributed by atoms with van der Waals surface area (Å²) < 4.78 is 4.58. The van der Waals surface area contributed by atoms with Crippen LogP contribution in [0.3, 0.4) is 0 Å². The molecule has 0 aliphatic carbocycles. The van der Waals surface area contributed by atoms with E-state index in [4.69, 9.17) is 25.5 Å². The van der Waals surface area contributed by atoms with E-state index in [2.05, 4.69) is 4.74 Å².